The van der Waals surface area contributed by atoms with Crippen molar-refractivity contribution in [1.82, 2.24) is 10.2 Å². The van der Waals surface area contributed by atoms with Gasteiger partial charge in [-0.3, -0.25) is 4.79 Å². The Labute approximate surface area is 192 Å². The first kappa shape index (κ1) is 25.6. The smallest absolute Gasteiger partial charge is 0.411 e. The number of carbonyl (C=O) groups is 1. The van der Waals surface area contributed by atoms with E-state index in [1.54, 1.807) is 18.2 Å². The number of aliphatic hydroxyl groups is 1. The fourth-order valence-electron chi connectivity index (χ4n) is 4.08. The zero-order valence-corrected chi connectivity index (χ0v) is 18.7. The molecule has 2 N–H and O–H groups in total. The fraction of sp³-hybridized carbons (Fsp3) is 0.696. The molecule has 2 atom stereocenters. The summed E-state index contributed by atoms with van der Waals surface area (Å²) in [6.45, 7) is 2.09. The van der Waals surface area contributed by atoms with Crippen LogP contribution in [0.25, 0.3) is 0 Å². The lowest BCUT2D eigenvalue weighted by Gasteiger charge is -2.29. The summed E-state index contributed by atoms with van der Waals surface area (Å²) in [5.74, 6) is 1.03. The van der Waals surface area contributed by atoms with Crippen molar-refractivity contribution in [2.24, 2.45) is 0 Å². The van der Waals surface area contributed by atoms with Crippen molar-refractivity contribution in [2.45, 2.75) is 56.8 Å². The molecule has 3 rings (SSSR count). The van der Waals surface area contributed by atoms with Gasteiger partial charge in [-0.1, -0.05) is 12.5 Å². The second-order valence-corrected chi connectivity index (χ2v) is 8.51. The Morgan fingerprint density at radius 1 is 1.12 bits per heavy atom. The van der Waals surface area contributed by atoms with E-state index in [-0.39, 0.29) is 18.9 Å². The Kier molecular flexibility index (Phi) is 9.64. The lowest BCUT2D eigenvalue weighted by Crippen LogP contribution is -2.46. The molecule has 33 heavy (non-hydrogen) atoms. The maximum Gasteiger partial charge on any atom is 0.411 e. The van der Waals surface area contributed by atoms with Gasteiger partial charge in [0.1, 0.15) is 25.9 Å². The normalized spacial score (nSPS) is 18.2. The number of nitrogens with one attached hydrogen (secondary N) is 1. The monoisotopic (exact) mass is 474 g/mol. The second kappa shape index (κ2) is 12.4. The Hall–Kier alpha value is -2.04. The van der Waals surface area contributed by atoms with Gasteiger partial charge < -0.3 is 29.5 Å². The van der Waals surface area contributed by atoms with Gasteiger partial charge in [-0.15, -0.1) is 0 Å². The Morgan fingerprint density at radius 2 is 1.85 bits per heavy atom. The molecule has 7 nitrogen and oxygen atoms in total. The molecule has 0 spiro atoms. The molecule has 2 heterocycles. The molecule has 1 amide bonds. The van der Waals surface area contributed by atoms with Crippen molar-refractivity contribution >= 4 is 5.91 Å². The minimum atomic E-state index is -4.32. The number of alkyl halides is 3. The van der Waals surface area contributed by atoms with Crippen LogP contribution in [0.5, 0.6) is 11.5 Å². The molecule has 0 bridgehead atoms. The number of aliphatic hydroxyl groups excluding tert-OH is 1. The summed E-state index contributed by atoms with van der Waals surface area (Å²) < 4.78 is 51.9. The first-order valence-corrected chi connectivity index (χ1v) is 11.6. The van der Waals surface area contributed by atoms with E-state index >= 15 is 0 Å². The summed E-state index contributed by atoms with van der Waals surface area (Å²) >= 11 is 0. The zero-order valence-electron chi connectivity index (χ0n) is 18.7. The number of fused-ring (bicyclic) bond motifs is 1. The predicted molar refractivity (Wildman–Crippen MR) is 115 cm³/mol. The number of halogens is 3. The van der Waals surface area contributed by atoms with Gasteiger partial charge in [0, 0.05) is 19.6 Å². The number of amides is 1. The largest absolute Gasteiger partial charge is 0.486 e. The highest BCUT2D eigenvalue weighted by Crippen LogP contribution is 2.33. The minimum Gasteiger partial charge on any atom is -0.486 e. The van der Waals surface area contributed by atoms with Gasteiger partial charge in [-0.05, 0) is 56.5 Å². The van der Waals surface area contributed by atoms with Gasteiger partial charge in [-0.2, -0.15) is 13.2 Å². The lowest BCUT2D eigenvalue weighted by atomic mass is 10.0. The minimum absolute atomic E-state index is 0.0154. The average molecular weight is 475 g/mol. The Morgan fingerprint density at radius 3 is 2.58 bits per heavy atom. The highest BCUT2D eigenvalue weighted by Gasteiger charge is 2.28. The summed E-state index contributed by atoms with van der Waals surface area (Å²) in [5, 5.41) is 14.0. The third kappa shape index (κ3) is 8.68. The maximum absolute atomic E-state index is 12.6. The van der Waals surface area contributed by atoms with Crippen molar-refractivity contribution < 1.29 is 37.3 Å². The molecule has 2 aliphatic rings. The number of benzene rings is 1. The van der Waals surface area contributed by atoms with Gasteiger partial charge in [-0.25, -0.2) is 0 Å². The number of ether oxygens (including phenoxy) is 3. The number of hydrogen-bond donors (Lipinski definition) is 2. The van der Waals surface area contributed by atoms with Gasteiger partial charge in [0.25, 0.3) is 0 Å². The van der Waals surface area contributed by atoms with Crippen LogP contribution in [0.2, 0.25) is 0 Å². The number of likely N-dealkylation sites (tertiary alicyclic amines) is 1. The molecule has 1 unspecified atom stereocenters. The topological polar surface area (TPSA) is 80.3 Å². The molecule has 0 aliphatic carbocycles. The van der Waals surface area contributed by atoms with Crippen LogP contribution in [0.3, 0.4) is 0 Å². The first-order chi connectivity index (χ1) is 15.8. The highest BCUT2D eigenvalue weighted by atomic mass is 19.4. The summed E-state index contributed by atoms with van der Waals surface area (Å²) in [6.07, 6.45) is -1.22. The predicted octanol–water partition coefficient (Wildman–Crippen LogP) is 3.21. The SMILES string of the molecule is O=C(CCCCCOCC(F)(F)F)N[C@H](CN1CCCC1)C(O)c1ccc2c(c1)OCCO2. The van der Waals surface area contributed by atoms with Crippen LogP contribution in [-0.2, 0) is 9.53 Å². The molecule has 1 saturated heterocycles. The van der Waals surface area contributed by atoms with E-state index in [0.717, 1.165) is 25.9 Å². The van der Waals surface area contributed by atoms with Crippen molar-refractivity contribution in [2.75, 3.05) is 46.1 Å². The van der Waals surface area contributed by atoms with Gasteiger partial charge in [0.2, 0.25) is 5.91 Å². The van der Waals surface area contributed by atoms with Crippen LogP contribution in [0.4, 0.5) is 13.2 Å². The molecule has 1 aromatic carbocycles. The average Bonchev–Trinajstić information content (AvgIpc) is 3.29. The molecular weight excluding hydrogens is 441 g/mol. The highest BCUT2D eigenvalue weighted by molar-refractivity contribution is 5.76. The molecule has 1 aromatic rings. The third-order valence-corrected chi connectivity index (χ3v) is 5.75. The summed E-state index contributed by atoms with van der Waals surface area (Å²) in [7, 11) is 0. The standard InChI is InChI=1S/C23H33F3N2O5/c24-23(25,26)16-31-11-5-1-2-6-21(29)27-18(15-28-9-3-4-10-28)22(30)17-7-8-19-20(14-17)33-13-12-32-19/h7-8,14,18,22,30H,1-6,9-13,15-16H2,(H,27,29)/t18-,22?/m1/s1. The van der Waals surface area contributed by atoms with Crippen molar-refractivity contribution in [3.63, 3.8) is 0 Å². The third-order valence-electron chi connectivity index (χ3n) is 5.75. The van der Waals surface area contributed by atoms with E-state index in [9.17, 15) is 23.1 Å². The van der Waals surface area contributed by atoms with Crippen molar-refractivity contribution in [1.29, 1.82) is 0 Å². The molecule has 10 heteroatoms. The number of carbonyl (C=O) groups excluding carboxylic acids is 1. The number of unbranched alkanes of at least 4 members (excludes halogenated alkanes) is 2. The molecule has 0 aromatic heterocycles. The van der Waals surface area contributed by atoms with E-state index in [2.05, 4.69) is 15.0 Å². The molecule has 2 aliphatic heterocycles. The van der Waals surface area contributed by atoms with E-state index < -0.39 is 24.9 Å². The van der Waals surface area contributed by atoms with Gasteiger partial charge >= 0.3 is 6.18 Å². The lowest BCUT2D eigenvalue weighted by molar-refractivity contribution is -0.174. The van der Waals surface area contributed by atoms with E-state index in [4.69, 9.17) is 9.47 Å². The zero-order chi connectivity index (χ0) is 23.7. The summed E-state index contributed by atoms with van der Waals surface area (Å²) in [4.78, 5) is 14.8. The molecule has 0 radical (unpaired) electrons. The first-order valence-electron chi connectivity index (χ1n) is 11.6. The van der Waals surface area contributed by atoms with Crippen LogP contribution in [0, 0.1) is 0 Å². The van der Waals surface area contributed by atoms with Crippen LogP contribution >= 0.6 is 0 Å². The Balaban J connectivity index is 1.49. The molecule has 1 fully saturated rings. The van der Waals surface area contributed by atoms with Gasteiger partial charge in [0.15, 0.2) is 11.5 Å². The number of nitrogens with zero attached hydrogens (tertiary/aromatic N) is 1. The quantitative estimate of drug-likeness (QED) is 0.453. The second-order valence-electron chi connectivity index (χ2n) is 8.51. The number of rotatable bonds is 12. The number of hydrogen-bond acceptors (Lipinski definition) is 6. The van der Waals surface area contributed by atoms with E-state index in [1.807, 2.05) is 0 Å². The molecular formula is C23H33F3N2O5. The summed E-state index contributed by atoms with van der Waals surface area (Å²) in [5.41, 5.74) is 0.644. The fourth-order valence-corrected chi connectivity index (χ4v) is 4.08. The van der Waals surface area contributed by atoms with Crippen molar-refractivity contribution in [3.05, 3.63) is 23.8 Å². The van der Waals surface area contributed by atoms with Crippen LogP contribution in [0.1, 0.15) is 50.2 Å². The molecule has 0 saturated carbocycles. The van der Waals surface area contributed by atoms with Crippen LogP contribution in [-0.4, -0.2) is 74.2 Å². The van der Waals surface area contributed by atoms with E-state index in [1.165, 1.54) is 0 Å². The Bertz CT molecular complexity index is 756. The molecule has 186 valence electrons. The van der Waals surface area contributed by atoms with E-state index in [0.29, 0.717) is 56.1 Å². The van der Waals surface area contributed by atoms with Gasteiger partial charge in [0.05, 0.1) is 6.04 Å². The van der Waals surface area contributed by atoms with Crippen LogP contribution in [0.15, 0.2) is 18.2 Å². The van der Waals surface area contributed by atoms with Crippen LogP contribution < -0.4 is 14.8 Å². The maximum atomic E-state index is 12.6. The van der Waals surface area contributed by atoms with Crippen molar-refractivity contribution in [3.8, 4) is 11.5 Å². The summed E-state index contributed by atoms with van der Waals surface area (Å²) in [6, 6.07) is 4.81.